The summed E-state index contributed by atoms with van der Waals surface area (Å²) in [7, 11) is 5.15. The van der Waals surface area contributed by atoms with E-state index >= 15 is 0 Å². The molecule has 0 aromatic carbocycles. The number of hydrogen-bond acceptors (Lipinski definition) is 8. The molecule has 1 aliphatic rings. The Morgan fingerprint density at radius 2 is 2.00 bits per heavy atom. The molecule has 28 heavy (non-hydrogen) atoms. The van der Waals surface area contributed by atoms with Crippen LogP contribution in [0, 0.1) is 0 Å². The minimum atomic E-state index is -0.197. The van der Waals surface area contributed by atoms with Gasteiger partial charge in [0.25, 0.3) is 0 Å². The van der Waals surface area contributed by atoms with Crippen LogP contribution < -0.4 is 26.0 Å². The van der Waals surface area contributed by atoms with Gasteiger partial charge in [-0.3, -0.25) is 4.79 Å². The van der Waals surface area contributed by atoms with Crippen molar-refractivity contribution in [3.8, 4) is 5.88 Å². The molecule has 1 amide bonds. The Morgan fingerprint density at radius 3 is 2.61 bits per heavy atom. The maximum Gasteiger partial charge on any atom is 0.237 e. The van der Waals surface area contributed by atoms with Crippen LogP contribution in [0.1, 0.15) is 31.2 Å². The number of nitrogens with zero attached hydrogens (tertiary/aromatic N) is 3. The Balaban J connectivity index is 1.70. The molecule has 1 fully saturated rings. The summed E-state index contributed by atoms with van der Waals surface area (Å²) in [5.74, 6) is 2.15. The number of carbonyl (C=O) groups is 1. The predicted molar refractivity (Wildman–Crippen MR) is 108 cm³/mol. The first-order chi connectivity index (χ1) is 13.5. The molecule has 0 unspecified atom stereocenters. The zero-order valence-electron chi connectivity index (χ0n) is 16.6. The number of likely N-dealkylation sites (N-methyl/N-ethyl adjacent to an activating group) is 1. The monoisotopic (exact) mass is 385 g/mol. The van der Waals surface area contributed by atoms with Crippen molar-refractivity contribution in [2.75, 3.05) is 31.8 Å². The van der Waals surface area contributed by atoms with Crippen molar-refractivity contribution in [2.45, 2.75) is 37.8 Å². The molecule has 0 spiro atoms. The van der Waals surface area contributed by atoms with Gasteiger partial charge in [0.1, 0.15) is 5.82 Å². The van der Waals surface area contributed by atoms with Crippen molar-refractivity contribution in [3.05, 3.63) is 30.1 Å². The highest BCUT2D eigenvalue weighted by molar-refractivity contribution is 5.81. The molecule has 2 aromatic rings. The van der Waals surface area contributed by atoms with E-state index in [9.17, 15) is 4.79 Å². The fourth-order valence-electron chi connectivity index (χ4n) is 3.07. The van der Waals surface area contributed by atoms with Crippen LogP contribution in [0.3, 0.4) is 0 Å². The van der Waals surface area contributed by atoms with Crippen LogP contribution in [0.4, 0.5) is 17.5 Å². The average Bonchev–Trinajstić information content (AvgIpc) is 2.70. The Hall–Kier alpha value is -2.94. The largest absolute Gasteiger partial charge is 0.481 e. The van der Waals surface area contributed by atoms with Gasteiger partial charge in [0.2, 0.25) is 17.7 Å². The number of methoxy groups -OCH3 is 1. The molecule has 1 atom stereocenters. The fraction of sp³-hybridized carbons (Fsp3) is 0.474. The van der Waals surface area contributed by atoms with Crippen LogP contribution in [0.15, 0.2) is 24.5 Å². The zero-order chi connectivity index (χ0) is 20.1. The van der Waals surface area contributed by atoms with Crippen LogP contribution in [0.2, 0.25) is 0 Å². The molecule has 1 aliphatic carbocycles. The molecule has 0 saturated heterocycles. The van der Waals surface area contributed by atoms with E-state index in [1.165, 1.54) is 0 Å². The molecule has 3 rings (SSSR count). The maximum absolute atomic E-state index is 12.0. The molecular formula is C19H27N7O2. The Kier molecular flexibility index (Phi) is 6.25. The van der Waals surface area contributed by atoms with Gasteiger partial charge in [-0.1, -0.05) is 0 Å². The fourth-order valence-corrected chi connectivity index (χ4v) is 3.07. The standard InChI is InChI=1S/C19H27N7O2/c1-11(20-2)18(27)25-14-7-12(8-14)15-10-23-19(21-3)26-17(15)24-13-5-6-16(28-4)22-9-13/h5-6,9-12,14,20H,7-8H2,1-4H3,(H,25,27)(H2,21,23,24,26)/t11-,12?,14?/m0/s1. The molecule has 150 valence electrons. The van der Waals surface area contributed by atoms with Crippen molar-refractivity contribution in [1.82, 2.24) is 25.6 Å². The van der Waals surface area contributed by atoms with Crippen LogP contribution in [0.25, 0.3) is 0 Å². The minimum Gasteiger partial charge on any atom is -0.481 e. The number of pyridine rings is 1. The second-order valence-corrected chi connectivity index (χ2v) is 6.85. The van der Waals surface area contributed by atoms with Crippen molar-refractivity contribution >= 4 is 23.4 Å². The first-order valence-electron chi connectivity index (χ1n) is 9.33. The third kappa shape index (κ3) is 4.48. The lowest BCUT2D eigenvalue weighted by Gasteiger charge is -2.37. The number of anilines is 3. The normalized spacial score (nSPS) is 19.3. The van der Waals surface area contributed by atoms with Crippen molar-refractivity contribution < 1.29 is 9.53 Å². The SMILES string of the molecule is CNc1ncc(C2CC(NC(=O)[C@H](C)NC)C2)c(Nc2ccc(OC)nc2)n1. The van der Waals surface area contributed by atoms with E-state index in [-0.39, 0.29) is 23.9 Å². The van der Waals surface area contributed by atoms with Gasteiger partial charge in [-0.25, -0.2) is 9.97 Å². The molecule has 0 aliphatic heterocycles. The zero-order valence-corrected chi connectivity index (χ0v) is 16.6. The lowest BCUT2D eigenvalue weighted by atomic mass is 9.76. The second-order valence-electron chi connectivity index (χ2n) is 6.85. The molecule has 0 radical (unpaired) electrons. The van der Waals surface area contributed by atoms with E-state index in [0.717, 1.165) is 29.9 Å². The number of carbonyl (C=O) groups excluding carboxylic acids is 1. The Bertz CT molecular complexity index is 806. The molecule has 9 heteroatoms. The van der Waals surface area contributed by atoms with Crippen molar-refractivity contribution in [3.63, 3.8) is 0 Å². The van der Waals surface area contributed by atoms with Gasteiger partial charge in [0, 0.05) is 30.9 Å². The smallest absolute Gasteiger partial charge is 0.237 e. The molecule has 0 bridgehead atoms. The van der Waals surface area contributed by atoms with E-state index in [0.29, 0.717) is 11.8 Å². The lowest BCUT2D eigenvalue weighted by molar-refractivity contribution is -0.124. The van der Waals surface area contributed by atoms with Crippen molar-refractivity contribution in [1.29, 1.82) is 0 Å². The first kappa shape index (κ1) is 19.8. The van der Waals surface area contributed by atoms with Gasteiger partial charge in [0.05, 0.1) is 25.0 Å². The highest BCUT2D eigenvalue weighted by Gasteiger charge is 2.34. The number of amides is 1. The van der Waals surface area contributed by atoms with Gasteiger partial charge in [-0.05, 0) is 38.8 Å². The summed E-state index contributed by atoms with van der Waals surface area (Å²) in [6, 6.07) is 3.66. The summed E-state index contributed by atoms with van der Waals surface area (Å²) < 4.78 is 5.10. The second kappa shape index (κ2) is 8.83. The van der Waals surface area contributed by atoms with E-state index < -0.39 is 0 Å². The highest BCUT2D eigenvalue weighted by Crippen LogP contribution is 2.40. The van der Waals surface area contributed by atoms with E-state index in [1.54, 1.807) is 33.5 Å². The van der Waals surface area contributed by atoms with Gasteiger partial charge >= 0.3 is 0 Å². The number of aromatic nitrogens is 3. The van der Waals surface area contributed by atoms with Crippen molar-refractivity contribution in [2.24, 2.45) is 0 Å². The summed E-state index contributed by atoms with van der Waals surface area (Å²) in [6.45, 7) is 1.85. The van der Waals surface area contributed by atoms with Gasteiger partial charge in [-0.15, -0.1) is 0 Å². The molecular weight excluding hydrogens is 358 g/mol. The third-order valence-electron chi connectivity index (χ3n) is 5.00. The minimum absolute atomic E-state index is 0.0235. The summed E-state index contributed by atoms with van der Waals surface area (Å²) in [5.41, 5.74) is 1.84. The molecule has 4 N–H and O–H groups in total. The highest BCUT2D eigenvalue weighted by atomic mass is 16.5. The average molecular weight is 385 g/mol. The van der Waals surface area contributed by atoms with Crippen LogP contribution in [0.5, 0.6) is 5.88 Å². The van der Waals surface area contributed by atoms with Crippen LogP contribution in [-0.4, -0.2) is 54.1 Å². The molecule has 2 heterocycles. The topological polar surface area (TPSA) is 113 Å². The van der Waals surface area contributed by atoms with E-state index in [2.05, 4.69) is 36.2 Å². The van der Waals surface area contributed by atoms with Gasteiger partial charge in [0.15, 0.2) is 0 Å². The van der Waals surface area contributed by atoms with Crippen LogP contribution >= 0.6 is 0 Å². The Labute approximate surface area is 164 Å². The first-order valence-corrected chi connectivity index (χ1v) is 9.33. The quantitative estimate of drug-likeness (QED) is 0.542. The number of hydrogen-bond donors (Lipinski definition) is 4. The van der Waals surface area contributed by atoms with Gasteiger partial charge in [-0.2, -0.15) is 4.98 Å². The summed E-state index contributed by atoms with van der Waals surface area (Å²) in [4.78, 5) is 25.2. The summed E-state index contributed by atoms with van der Waals surface area (Å²) in [6.07, 6.45) is 5.27. The van der Waals surface area contributed by atoms with E-state index in [4.69, 9.17) is 4.74 Å². The lowest BCUT2D eigenvalue weighted by Crippen LogP contribution is -2.49. The number of rotatable bonds is 8. The van der Waals surface area contributed by atoms with E-state index in [1.807, 2.05) is 19.2 Å². The van der Waals surface area contributed by atoms with Crippen LogP contribution in [-0.2, 0) is 4.79 Å². The summed E-state index contributed by atoms with van der Waals surface area (Å²) in [5, 5.41) is 12.3. The molecule has 1 saturated carbocycles. The van der Waals surface area contributed by atoms with Gasteiger partial charge < -0.3 is 26.0 Å². The predicted octanol–water partition coefficient (Wildman–Crippen LogP) is 1.64. The summed E-state index contributed by atoms with van der Waals surface area (Å²) >= 11 is 0. The molecule has 2 aromatic heterocycles. The number of nitrogens with one attached hydrogen (secondary N) is 4. The number of ether oxygens (including phenoxy) is 1. The third-order valence-corrected chi connectivity index (χ3v) is 5.00. The molecule has 9 nitrogen and oxygen atoms in total. The maximum atomic E-state index is 12.0. The Morgan fingerprint density at radius 1 is 1.21 bits per heavy atom.